The summed E-state index contributed by atoms with van der Waals surface area (Å²) in [6.07, 6.45) is 5.71. The van der Waals surface area contributed by atoms with Crippen LogP contribution in [0.2, 0.25) is 0 Å². The van der Waals surface area contributed by atoms with Crippen LogP contribution < -0.4 is 10.9 Å². The first-order valence-electron chi connectivity index (χ1n) is 12.2. The van der Waals surface area contributed by atoms with Gasteiger partial charge in [0.1, 0.15) is 5.39 Å². The van der Waals surface area contributed by atoms with E-state index in [1.54, 1.807) is 46.3 Å². The Bertz CT molecular complexity index is 1690. The van der Waals surface area contributed by atoms with Crippen LogP contribution in [0.15, 0.2) is 45.7 Å². The lowest BCUT2D eigenvalue weighted by Gasteiger charge is -2.27. The van der Waals surface area contributed by atoms with Crippen molar-refractivity contribution >= 4 is 38.2 Å². The Kier molecular flexibility index (Phi) is 6.36. The van der Waals surface area contributed by atoms with Crippen molar-refractivity contribution < 1.29 is 4.21 Å². The number of fused-ring (bicyclic) bond motifs is 2. The molecule has 1 aliphatic heterocycles. The first-order valence-corrected chi connectivity index (χ1v) is 14.6. The number of hydrogen-bond acceptors (Lipinski definition) is 8. The summed E-state index contributed by atoms with van der Waals surface area (Å²) in [5.41, 5.74) is 5.08. The number of aryl methyl sites for hydroxylation is 1. The Morgan fingerprint density at radius 2 is 1.95 bits per heavy atom. The van der Waals surface area contributed by atoms with Crippen LogP contribution >= 0.6 is 0 Å². The van der Waals surface area contributed by atoms with Gasteiger partial charge in [-0.3, -0.25) is 4.79 Å². The molecule has 4 heterocycles. The minimum absolute atomic E-state index is 0.164. The molecule has 0 bridgehead atoms. The molecule has 1 aromatic carbocycles. The molecule has 0 atom stereocenters. The van der Waals surface area contributed by atoms with Gasteiger partial charge in [0.05, 0.1) is 0 Å². The summed E-state index contributed by atoms with van der Waals surface area (Å²) in [6, 6.07) is 9.35. The summed E-state index contributed by atoms with van der Waals surface area (Å²) in [5.74, 6) is 1.18. The average Bonchev–Trinajstić information content (AvgIpc) is 3.10. The van der Waals surface area contributed by atoms with Crippen molar-refractivity contribution in [3.8, 4) is 5.82 Å². The zero-order valence-corrected chi connectivity index (χ0v) is 22.8. The molecule has 0 saturated heterocycles. The van der Waals surface area contributed by atoms with Crippen LogP contribution in [-0.2, 0) is 22.7 Å². The first-order chi connectivity index (χ1) is 17.5. The standard InChI is InChI=1S/C26H32N8O2S/c1-16(2)33-25(35)21-14-27-26(28-19-12-17(3)20-10-11-32(4)15-18(20)13-19)30-24(21)34(33)23-9-7-8-22(29-23)31-37(5,6)36/h7-9,12-14,16H,10-11,15H2,1-6H3,(H,27,28,30). The van der Waals surface area contributed by atoms with Crippen molar-refractivity contribution in [3.05, 3.63) is 63.6 Å². The Labute approximate surface area is 216 Å². The number of pyridine rings is 1. The van der Waals surface area contributed by atoms with E-state index in [1.165, 1.54) is 16.7 Å². The molecule has 194 valence electrons. The third-order valence-corrected chi connectivity index (χ3v) is 6.99. The van der Waals surface area contributed by atoms with E-state index in [4.69, 9.17) is 4.98 Å². The molecule has 0 spiro atoms. The largest absolute Gasteiger partial charge is 0.324 e. The Morgan fingerprint density at radius 1 is 1.16 bits per heavy atom. The third-order valence-electron chi connectivity index (χ3n) is 6.37. The van der Waals surface area contributed by atoms with Gasteiger partial charge < -0.3 is 10.2 Å². The number of rotatable bonds is 5. The lowest BCUT2D eigenvalue weighted by Crippen LogP contribution is -2.27. The van der Waals surface area contributed by atoms with Crippen molar-refractivity contribution in [2.75, 3.05) is 31.4 Å². The van der Waals surface area contributed by atoms with Gasteiger partial charge in [-0.2, -0.15) is 9.35 Å². The van der Waals surface area contributed by atoms with Gasteiger partial charge in [-0.1, -0.05) is 6.07 Å². The maximum absolute atomic E-state index is 13.3. The summed E-state index contributed by atoms with van der Waals surface area (Å²) >= 11 is 0. The summed E-state index contributed by atoms with van der Waals surface area (Å²) in [7, 11) is -0.270. The highest BCUT2D eigenvalue weighted by molar-refractivity contribution is 7.92. The van der Waals surface area contributed by atoms with Crippen molar-refractivity contribution in [2.24, 2.45) is 4.36 Å². The molecule has 4 aromatic rings. The number of likely N-dealkylation sites (N-methyl/N-ethyl adjacent to an activating group) is 1. The monoisotopic (exact) mass is 520 g/mol. The van der Waals surface area contributed by atoms with Crippen LogP contribution in [0, 0.1) is 6.92 Å². The molecular formula is C26H32N8O2S. The lowest BCUT2D eigenvalue weighted by atomic mass is 9.94. The van der Waals surface area contributed by atoms with Crippen molar-refractivity contribution in [1.29, 1.82) is 0 Å². The topological polar surface area (TPSA) is 110 Å². The SMILES string of the molecule is Cc1cc(Nc2ncc3c(=O)n(C(C)C)n(-c4cccc(N=S(C)(C)=O)n4)c3n2)cc2c1CCN(C)C2. The average molecular weight is 521 g/mol. The number of nitrogens with zero attached hydrogens (tertiary/aromatic N) is 7. The normalized spacial score (nSPS) is 14.2. The minimum atomic E-state index is -2.40. The smallest absolute Gasteiger partial charge is 0.278 e. The lowest BCUT2D eigenvalue weighted by molar-refractivity contribution is 0.312. The van der Waals surface area contributed by atoms with Gasteiger partial charge in [0.15, 0.2) is 17.3 Å². The Morgan fingerprint density at radius 3 is 2.68 bits per heavy atom. The molecule has 11 heteroatoms. The molecule has 37 heavy (non-hydrogen) atoms. The minimum Gasteiger partial charge on any atom is -0.324 e. The first kappa shape index (κ1) is 25.1. The van der Waals surface area contributed by atoms with Gasteiger partial charge in [-0.15, -0.1) is 0 Å². The molecule has 5 rings (SSSR count). The van der Waals surface area contributed by atoms with Crippen LogP contribution in [0.3, 0.4) is 0 Å². The van der Waals surface area contributed by atoms with Crippen LogP contribution in [0.1, 0.15) is 36.6 Å². The molecule has 1 N–H and O–H groups in total. The molecule has 10 nitrogen and oxygen atoms in total. The molecule has 0 amide bonds. The number of anilines is 2. The predicted molar refractivity (Wildman–Crippen MR) is 148 cm³/mol. The second kappa shape index (κ2) is 9.38. The van der Waals surface area contributed by atoms with E-state index < -0.39 is 9.73 Å². The number of benzene rings is 1. The van der Waals surface area contributed by atoms with Crippen molar-refractivity contribution in [3.63, 3.8) is 0 Å². The highest BCUT2D eigenvalue weighted by Crippen LogP contribution is 2.28. The third kappa shape index (κ3) is 5.01. The fraction of sp³-hybridized carbons (Fsp3) is 0.385. The second-order valence-corrected chi connectivity index (χ2v) is 12.7. The maximum atomic E-state index is 13.3. The van der Waals surface area contributed by atoms with Crippen LogP contribution in [0.25, 0.3) is 16.9 Å². The highest BCUT2D eigenvalue weighted by atomic mass is 32.2. The van der Waals surface area contributed by atoms with Gasteiger partial charge in [0.25, 0.3) is 5.56 Å². The number of aromatic nitrogens is 5. The van der Waals surface area contributed by atoms with Crippen molar-refractivity contribution in [1.82, 2.24) is 29.2 Å². The maximum Gasteiger partial charge on any atom is 0.278 e. The molecule has 1 aliphatic rings. The van der Waals surface area contributed by atoms with Gasteiger partial charge in [0.2, 0.25) is 5.95 Å². The zero-order valence-electron chi connectivity index (χ0n) is 22.0. The number of nitrogens with one attached hydrogen (secondary N) is 1. The summed E-state index contributed by atoms with van der Waals surface area (Å²) in [4.78, 5) is 29.4. The molecule has 0 unspecified atom stereocenters. The number of hydrogen-bond donors (Lipinski definition) is 1. The Hall–Kier alpha value is -3.57. The van der Waals surface area contributed by atoms with Gasteiger partial charge >= 0.3 is 0 Å². The molecule has 0 aliphatic carbocycles. The van der Waals surface area contributed by atoms with E-state index in [2.05, 4.69) is 50.7 Å². The molecule has 0 radical (unpaired) electrons. The second-order valence-electron chi connectivity index (χ2n) is 10.2. The van der Waals surface area contributed by atoms with Crippen molar-refractivity contribution in [2.45, 2.75) is 39.8 Å². The van der Waals surface area contributed by atoms with Gasteiger partial charge in [-0.25, -0.2) is 23.5 Å². The van der Waals surface area contributed by atoms with E-state index in [-0.39, 0.29) is 11.6 Å². The van der Waals surface area contributed by atoms with E-state index in [9.17, 15) is 9.00 Å². The van der Waals surface area contributed by atoms with Crippen LogP contribution in [0.4, 0.5) is 17.5 Å². The summed E-state index contributed by atoms with van der Waals surface area (Å²) < 4.78 is 19.8. The van der Waals surface area contributed by atoms with E-state index in [0.717, 1.165) is 25.2 Å². The van der Waals surface area contributed by atoms with E-state index in [0.29, 0.717) is 28.6 Å². The summed E-state index contributed by atoms with van der Waals surface area (Å²) in [6.45, 7) is 7.94. The molecule has 3 aromatic heterocycles. The molecule has 0 fully saturated rings. The fourth-order valence-electron chi connectivity index (χ4n) is 4.81. The zero-order chi connectivity index (χ0) is 26.5. The van der Waals surface area contributed by atoms with Gasteiger partial charge in [-0.05, 0) is 75.2 Å². The van der Waals surface area contributed by atoms with Gasteiger partial charge in [0, 0.05) is 53.3 Å². The molecule has 0 saturated carbocycles. The predicted octanol–water partition coefficient (Wildman–Crippen LogP) is 3.96. The van der Waals surface area contributed by atoms with E-state index in [1.807, 2.05) is 13.8 Å². The summed E-state index contributed by atoms with van der Waals surface area (Å²) in [5, 5.41) is 3.73. The Balaban J connectivity index is 1.63. The van der Waals surface area contributed by atoms with Crippen LogP contribution in [0.5, 0.6) is 0 Å². The quantitative estimate of drug-likeness (QED) is 0.424. The van der Waals surface area contributed by atoms with E-state index >= 15 is 0 Å². The highest BCUT2D eigenvalue weighted by Gasteiger charge is 2.21. The van der Waals surface area contributed by atoms with Crippen LogP contribution in [-0.4, -0.2) is 59.5 Å². The molecular weight excluding hydrogens is 488 g/mol. The fourth-order valence-corrected chi connectivity index (χ4v) is 5.37.